The maximum atomic E-state index is 2.52. The quantitative estimate of drug-likeness (QED) is 0.571. The Labute approximate surface area is 163 Å². The second-order valence-corrected chi connectivity index (χ2v) is 7.06. The summed E-state index contributed by atoms with van der Waals surface area (Å²) in [4.78, 5) is 3.88. The summed E-state index contributed by atoms with van der Waals surface area (Å²) in [5, 5.41) is 2.17. The first kappa shape index (κ1) is 17.9. The summed E-state index contributed by atoms with van der Waals surface area (Å²) in [6, 6.07) is 25.9. The predicted octanol–water partition coefficient (Wildman–Crippen LogP) is 1.23. The Bertz CT molecular complexity index is 814. The van der Waals surface area contributed by atoms with Gasteiger partial charge in [-0.1, -0.05) is 66.7 Å². The smallest absolute Gasteiger partial charge is 0.290 e. The van der Waals surface area contributed by atoms with Gasteiger partial charge < -0.3 is 17.0 Å². The monoisotopic (exact) mass is 412 g/mol. The first-order chi connectivity index (χ1) is 11.9. The number of amidine groups is 1. The van der Waals surface area contributed by atoms with E-state index < -0.39 is 0 Å². The molecular weight excluding hydrogens is 392 g/mol. The molecular formula is C21H21BrN2S. The third kappa shape index (κ3) is 4.20. The van der Waals surface area contributed by atoms with Gasteiger partial charge in [0.1, 0.15) is 31.1 Å². The molecule has 0 radical (unpaired) electrons. The third-order valence-electron chi connectivity index (χ3n) is 4.41. The van der Waals surface area contributed by atoms with E-state index in [-0.39, 0.29) is 17.0 Å². The lowest BCUT2D eigenvalue weighted by atomic mass is 10.2. The van der Waals surface area contributed by atoms with Gasteiger partial charge in [-0.05, 0) is 22.6 Å². The Morgan fingerprint density at radius 3 is 2.16 bits per heavy atom. The van der Waals surface area contributed by atoms with Crippen molar-refractivity contribution >= 4 is 17.2 Å². The highest BCUT2D eigenvalue weighted by molar-refractivity contribution is 7.12. The topological polar surface area (TPSA) is 6.25 Å². The van der Waals surface area contributed by atoms with E-state index in [1.54, 1.807) is 0 Å². The van der Waals surface area contributed by atoms with Crippen LogP contribution in [0.15, 0.2) is 78.2 Å². The standard InChI is InChI=1S/C21H21N2S.BrH/c1-3-8-18(9-4-1)16-22-13-14-23(17-19-10-5-2-6-11-19)21(22)20-12-7-15-24-20;/h1-12,15H,13-14,16-17H2;1H/q+1;/p-1. The van der Waals surface area contributed by atoms with Crippen LogP contribution in [0.1, 0.15) is 16.0 Å². The van der Waals surface area contributed by atoms with Crippen molar-refractivity contribution in [3.8, 4) is 0 Å². The number of halogens is 1. The van der Waals surface area contributed by atoms with Gasteiger partial charge in [0, 0.05) is 0 Å². The zero-order valence-electron chi connectivity index (χ0n) is 14.0. The van der Waals surface area contributed by atoms with Crippen LogP contribution >= 0.6 is 11.3 Å². The highest BCUT2D eigenvalue weighted by atomic mass is 79.9. The van der Waals surface area contributed by atoms with Gasteiger partial charge in [0.2, 0.25) is 0 Å². The van der Waals surface area contributed by atoms with Gasteiger partial charge in [0.25, 0.3) is 5.84 Å². The molecule has 0 saturated heterocycles. The summed E-state index contributed by atoms with van der Waals surface area (Å²) >= 11 is 1.83. The summed E-state index contributed by atoms with van der Waals surface area (Å²) in [6.07, 6.45) is 0. The molecule has 0 unspecified atom stereocenters. The zero-order chi connectivity index (χ0) is 16.2. The van der Waals surface area contributed by atoms with Crippen LogP contribution in [0.4, 0.5) is 0 Å². The van der Waals surface area contributed by atoms with Gasteiger partial charge in [-0.15, -0.1) is 11.3 Å². The lowest BCUT2D eigenvalue weighted by Crippen LogP contribution is -3.00. The van der Waals surface area contributed by atoms with Crippen LogP contribution < -0.4 is 17.0 Å². The van der Waals surface area contributed by atoms with Gasteiger partial charge in [-0.3, -0.25) is 9.48 Å². The van der Waals surface area contributed by atoms with Gasteiger partial charge in [0.05, 0.1) is 0 Å². The van der Waals surface area contributed by atoms with Crippen LogP contribution in [-0.4, -0.2) is 28.4 Å². The molecule has 2 nitrogen and oxygen atoms in total. The highest BCUT2D eigenvalue weighted by Gasteiger charge is 2.32. The minimum absolute atomic E-state index is 0. The second kappa shape index (κ2) is 8.45. The van der Waals surface area contributed by atoms with Crippen LogP contribution in [0.2, 0.25) is 0 Å². The molecule has 1 aliphatic rings. The molecule has 1 aromatic heterocycles. The summed E-state index contributed by atoms with van der Waals surface area (Å²) in [5.74, 6) is 1.37. The molecule has 0 bridgehead atoms. The van der Waals surface area contributed by atoms with Crippen molar-refractivity contribution in [2.75, 3.05) is 13.1 Å². The van der Waals surface area contributed by atoms with Crippen molar-refractivity contribution in [3.05, 3.63) is 94.2 Å². The van der Waals surface area contributed by atoms with E-state index in [9.17, 15) is 0 Å². The van der Waals surface area contributed by atoms with E-state index in [4.69, 9.17) is 0 Å². The lowest BCUT2D eigenvalue weighted by molar-refractivity contribution is -0.533. The van der Waals surface area contributed by atoms with Gasteiger partial charge >= 0.3 is 0 Å². The average molecular weight is 413 g/mol. The fourth-order valence-corrected chi connectivity index (χ4v) is 4.11. The number of hydrogen-bond donors (Lipinski definition) is 0. The van der Waals surface area contributed by atoms with Crippen LogP contribution in [-0.2, 0) is 13.1 Å². The molecule has 0 saturated carbocycles. The van der Waals surface area contributed by atoms with Crippen LogP contribution in [0.3, 0.4) is 0 Å². The van der Waals surface area contributed by atoms with E-state index in [1.807, 2.05) is 11.3 Å². The summed E-state index contributed by atoms with van der Waals surface area (Å²) in [6.45, 7) is 4.10. The zero-order valence-corrected chi connectivity index (χ0v) is 16.4. The van der Waals surface area contributed by atoms with Crippen molar-refractivity contribution in [2.24, 2.45) is 0 Å². The molecule has 0 amide bonds. The second-order valence-electron chi connectivity index (χ2n) is 6.12. The SMILES string of the molecule is [Br-].c1ccc(CN2CC[N+](Cc3ccccc3)=C2c2cccs2)cc1. The summed E-state index contributed by atoms with van der Waals surface area (Å²) < 4.78 is 2.52. The molecule has 4 heteroatoms. The van der Waals surface area contributed by atoms with E-state index in [2.05, 4.69) is 87.7 Å². The number of rotatable bonds is 5. The largest absolute Gasteiger partial charge is 1.00 e. The molecule has 128 valence electrons. The lowest BCUT2D eigenvalue weighted by Gasteiger charge is -2.13. The van der Waals surface area contributed by atoms with E-state index in [0.29, 0.717) is 0 Å². The molecule has 2 aromatic carbocycles. The maximum Gasteiger partial charge on any atom is 0.290 e. The van der Waals surface area contributed by atoms with Gasteiger partial charge in [-0.25, -0.2) is 0 Å². The minimum Gasteiger partial charge on any atom is -1.00 e. The van der Waals surface area contributed by atoms with Crippen molar-refractivity contribution in [2.45, 2.75) is 13.1 Å². The molecule has 4 rings (SSSR count). The Balaban J connectivity index is 0.00000182. The average Bonchev–Trinajstić information content (AvgIpc) is 3.27. The van der Waals surface area contributed by atoms with Crippen molar-refractivity contribution in [1.82, 2.24) is 4.90 Å². The molecule has 0 fully saturated rings. The van der Waals surface area contributed by atoms with Crippen LogP contribution in [0.5, 0.6) is 0 Å². The van der Waals surface area contributed by atoms with Crippen molar-refractivity contribution < 1.29 is 21.6 Å². The molecule has 1 aliphatic heterocycles. The number of nitrogens with zero attached hydrogens (tertiary/aromatic N) is 2. The van der Waals surface area contributed by atoms with Gasteiger partial charge in [-0.2, -0.15) is 0 Å². The normalized spacial score (nSPS) is 13.8. The number of benzene rings is 2. The number of hydrogen-bond acceptors (Lipinski definition) is 2. The predicted molar refractivity (Wildman–Crippen MR) is 101 cm³/mol. The first-order valence-electron chi connectivity index (χ1n) is 8.39. The molecule has 3 aromatic rings. The Hall–Kier alpha value is -1.91. The number of thiophene rings is 1. The van der Waals surface area contributed by atoms with Crippen molar-refractivity contribution in [1.29, 1.82) is 0 Å². The first-order valence-corrected chi connectivity index (χ1v) is 9.27. The highest BCUT2D eigenvalue weighted by Crippen LogP contribution is 2.20. The Kier molecular flexibility index (Phi) is 6.05. The third-order valence-corrected chi connectivity index (χ3v) is 5.28. The molecule has 2 heterocycles. The maximum absolute atomic E-state index is 2.52. The van der Waals surface area contributed by atoms with E-state index in [1.165, 1.54) is 21.8 Å². The van der Waals surface area contributed by atoms with Gasteiger partial charge in [0.15, 0.2) is 0 Å². The molecule has 0 spiro atoms. The molecule has 25 heavy (non-hydrogen) atoms. The summed E-state index contributed by atoms with van der Waals surface area (Å²) in [7, 11) is 0. The van der Waals surface area contributed by atoms with Crippen LogP contribution in [0.25, 0.3) is 0 Å². The van der Waals surface area contributed by atoms with Crippen LogP contribution in [0, 0.1) is 0 Å². The summed E-state index contributed by atoms with van der Waals surface area (Å²) in [5.41, 5.74) is 2.74. The molecule has 0 N–H and O–H groups in total. The molecule has 0 aliphatic carbocycles. The van der Waals surface area contributed by atoms with Crippen molar-refractivity contribution in [3.63, 3.8) is 0 Å². The Morgan fingerprint density at radius 1 is 0.840 bits per heavy atom. The fraction of sp³-hybridized carbons (Fsp3) is 0.190. The Morgan fingerprint density at radius 2 is 1.52 bits per heavy atom. The fourth-order valence-electron chi connectivity index (χ4n) is 3.29. The molecule has 0 atom stereocenters. The van der Waals surface area contributed by atoms with E-state index in [0.717, 1.165) is 26.2 Å². The van der Waals surface area contributed by atoms with E-state index >= 15 is 0 Å². The minimum atomic E-state index is 0.